The van der Waals surface area contributed by atoms with Crippen molar-refractivity contribution in [2.45, 2.75) is 13.5 Å². The number of rotatable bonds is 4. The normalized spacial score (nSPS) is 12.3. The number of nitrogens with zero attached hydrogens (tertiary/aromatic N) is 5. The highest BCUT2D eigenvalue weighted by Gasteiger charge is 2.16. The summed E-state index contributed by atoms with van der Waals surface area (Å²) in [5.74, 6) is 0.791. The van der Waals surface area contributed by atoms with E-state index in [1.54, 1.807) is 18.2 Å². The van der Waals surface area contributed by atoms with Crippen molar-refractivity contribution in [2.24, 2.45) is 0 Å². The number of ether oxygens (including phenoxy) is 2. The highest BCUT2D eigenvalue weighted by atomic mass is 16.7. The van der Waals surface area contributed by atoms with Crippen molar-refractivity contribution >= 4 is 22.8 Å². The number of fused-ring (bicyclic) bond motifs is 2. The number of carbonyl (C=O) groups is 1. The van der Waals surface area contributed by atoms with Crippen molar-refractivity contribution in [1.82, 2.24) is 24.5 Å². The molecular formula is C20H16N6O4. The number of hydrogen-bond donors (Lipinski definition) is 1. The molecule has 0 radical (unpaired) electrons. The molecule has 2 aromatic carbocycles. The molecule has 0 saturated heterocycles. The van der Waals surface area contributed by atoms with E-state index in [4.69, 9.17) is 9.47 Å². The van der Waals surface area contributed by atoms with Crippen LogP contribution in [0.3, 0.4) is 0 Å². The summed E-state index contributed by atoms with van der Waals surface area (Å²) in [6, 6.07) is 12.7. The van der Waals surface area contributed by atoms with Crippen LogP contribution in [-0.2, 0) is 11.3 Å². The van der Waals surface area contributed by atoms with E-state index in [9.17, 15) is 9.59 Å². The fourth-order valence-electron chi connectivity index (χ4n) is 3.15. The zero-order valence-electron chi connectivity index (χ0n) is 15.9. The van der Waals surface area contributed by atoms with Crippen LogP contribution in [-0.4, -0.2) is 37.2 Å². The summed E-state index contributed by atoms with van der Waals surface area (Å²) in [6.45, 7) is 1.92. The molecule has 1 aliphatic heterocycles. The first kappa shape index (κ1) is 17.9. The Kier molecular flexibility index (Phi) is 4.16. The second-order valence-corrected chi connectivity index (χ2v) is 6.80. The standard InChI is InChI=1S/C20H16N6O4/c1-12-2-5-14(6-3-12)26-19-18(23-24-26)20(28)25(10-21-19)9-17(27)22-13-4-7-15-16(8-13)30-11-29-15/h2-8,10H,9,11H2,1H3,(H,22,27). The molecule has 30 heavy (non-hydrogen) atoms. The molecule has 0 bridgehead atoms. The summed E-state index contributed by atoms with van der Waals surface area (Å²) in [7, 11) is 0. The molecule has 1 aliphatic rings. The Morgan fingerprint density at radius 2 is 1.93 bits per heavy atom. The predicted octanol–water partition coefficient (Wildman–Crippen LogP) is 1.65. The van der Waals surface area contributed by atoms with Gasteiger partial charge in [0.1, 0.15) is 12.9 Å². The van der Waals surface area contributed by atoms with Crippen molar-refractivity contribution in [1.29, 1.82) is 0 Å². The summed E-state index contributed by atoms with van der Waals surface area (Å²) >= 11 is 0. The molecule has 0 fully saturated rings. The lowest BCUT2D eigenvalue weighted by molar-refractivity contribution is -0.116. The van der Waals surface area contributed by atoms with E-state index in [-0.39, 0.29) is 24.8 Å². The first-order valence-corrected chi connectivity index (χ1v) is 9.16. The molecule has 150 valence electrons. The third-order valence-electron chi connectivity index (χ3n) is 4.68. The largest absolute Gasteiger partial charge is 0.454 e. The van der Waals surface area contributed by atoms with Crippen LogP contribution in [0.25, 0.3) is 16.9 Å². The van der Waals surface area contributed by atoms with Gasteiger partial charge in [0.25, 0.3) is 5.56 Å². The zero-order valence-corrected chi connectivity index (χ0v) is 15.9. The second-order valence-electron chi connectivity index (χ2n) is 6.80. The second kappa shape index (κ2) is 6.99. The number of hydrogen-bond acceptors (Lipinski definition) is 7. The Morgan fingerprint density at radius 3 is 2.77 bits per heavy atom. The van der Waals surface area contributed by atoms with Gasteiger partial charge in [0.2, 0.25) is 12.7 Å². The third-order valence-corrected chi connectivity index (χ3v) is 4.68. The van der Waals surface area contributed by atoms with Gasteiger partial charge in [-0.3, -0.25) is 14.2 Å². The van der Waals surface area contributed by atoms with Crippen LogP contribution in [0.1, 0.15) is 5.56 Å². The number of carbonyl (C=O) groups excluding carboxylic acids is 1. The van der Waals surface area contributed by atoms with Gasteiger partial charge in [-0.25, -0.2) is 4.98 Å². The quantitative estimate of drug-likeness (QED) is 0.550. The maximum absolute atomic E-state index is 12.8. The number of amides is 1. The van der Waals surface area contributed by atoms with Crippen LogP contribution in [0.15, 0.2) is 53.6 Å². The number of anilines is 1. The minimum Gasteiger partial charge on any atom is -0.454 e. The summed E-state index contributed by atoms with van der Waals surface area (Å²) in [5, 5.41) is 10.7. The monoisotopic (exact) mass is 404 g/mol. The van der Waals surface area contributed by atoms with E-state index in [0.717, 1.165) is 11.3 Å². The summed E-state index contributed by atoms with van der Waals surface area (Å²) < 4.78 is 13.2. The molecule has 2 aromatic heterocycles. The fraction of sp³-hybridized carbons (Fsp3) is 0.150. The Morgan fingerprint density at radius 1 is 1.13 bits per heavy atom. The summed E-state index contributed by atoms with van der Waals surface area (Å²) in [5.41, 5.74) is 2.36. The molecule has 3 heterocycles. The van der Waals surface area contributed by atoms with E-state index in [1.807, 2.05) is 31.2 Å². The molecule has 0 atom stereocenters. The van der Waals surface area contributed by atoms with Crippen LogP contribution in [0, 0.1) is 6.92 Å². The molecule has 4 aromatic rings. The topological polar surface area (TPSA) is 113 Å². The highest BCUT2D eigenvalue weighted by Crippen LogP contribution is 2.34. The van der Waals surface area contributed by atoms with E-state index in [0.29, 0.717) is 22.8 Å². The maximum Gasteiger partial charge on any atom is 0.284 e. The number of aryl methyl sites for hydroxylation is 1. The van der Waals surface area contributed by atoms with Crippen LogP contribution in [0.4, 0.5) is 5.69 Å². The lowest BCUT2D eigenvalue weighted by Gasteiger charge is -2.08. The Labute approximate surface area is 169 Å². The van der Waals surface area contributed by atoms with E-state index in [1.165, 1.54) is 15.6 Å². The molecule has 10 nitrogen and oxygen atoms in total. The SMILES string of the molecule is Cc1ccc(-n2nnc3c(=O)n(CC(=O)Nc4ccc5c(c4)OCO5)cnc32)cc1. The number of benzene rings is 2. The molecule has 0 saturated carbocycles. The molecule has 0 aliphatic carbocycles. The van der Waals surface area contributed by atoms with E-state index < -0.39 is 5.56 Å². The van der Waals surface area contributed by atoms with Gasteiger partial charge in [0, 0.05) is 11.8 Å². The minimum absolute atomic E-state index is 0.0916. The van der Waals surface area contributed by atoms with Crippen LogP contribution in [0.2, 0.25) is 0 Å². The first-order chi connectivity index (χ1) is 14.6. The minimum atomic E-state index is -0.445. The van der Waals surface area contributed by atoms with E-state index in [2.05, 4.69) is 20.6 Å². The predicted molar refractivity (Wildman–Crippen MR) is 107 cm³/mol. The zero-order chi connectivity index (χ0) is 20.7. The average Bonchev–Trinajstić information content (AvgIpc) is 3.37. The van der Waals surface area contributed by atoms with Gasteiger partial charge in [-0.15, -0.1) is 5.10 Å². The molecule has 0 unspecified atom stereocenters. The van der Waals surface area contributed by atoms with Gasteiger partial charge in [-0.05, 0) is 31.2 Å². The Hall–Kier alpha value is -4.21. The third kappa shape index (κ3) is 3.13. The van der Waals surface area contributed by atoms with Crippen molar-refractivity contribution in [3.05, 3.63) is 64.7 Å². The van der Waals surface area contributed by atoms with Gasteiger partial charge in [0.05, 0.1) is 5.69 Å². The fourth-order valence-corrected chi connectivity index (χ4v) is 3.15. The smallest absolute Gasteiger partial charge is 0.284 e. The molecule has 5 rings (SSSR count). The van der Waals surface area contributed by atoms with Crippen molar-refractivity contribution in [2.75, 3.05) is 12.1 Å². The Balaban J connectivity index is 1.38. The van der Waals surface area contributed by atoms with Crippen molar-refractivity contribution in [3.8, 4) is 17.2 Å². The van der Waals surface area contributed by atoms with Gasteiger partial charge in [0.15, 0.2) is 22.7 Å². The summed E-state index contributed by atoms with van der Waals surface area (Å²) in [6.07, 6.45) is 1.32. The lowest BCUT2D eigenvalue weighted by atomic mass is 10.2. The van der Waals surface area contributed by atoms with Crippen molar-refractivity contribution in [3.63, 3.8) is 0 Å². The number of aromatic nitrogens is 5. The molecule has 1 N–H and O–H groups in total. The van der Waals surface area contributed by atoms with Gasteiger partial charge < -0.3 is 14.8 Å². The van der Waals surface area contributed by atoms with Gasteiger partial charge in [-0.2, -0.15) is 4.68 Å². The van der Waals surface area contributed by atoms with Crippen LogP contribution >= 0.6 is 0 Å². The van der Waals surface area contributed by atoms with Crippen LogP contribution in [0.5, 0.6) is 11.5 Å². The first-order valence-electron chi connectivity index (χ1n) is 9.16. The molecule has 10 heteroatoms. The highest BCUT2D eigenvalue weighted by molar-refractivity contribution is 5.91. The molecular weight excluding hydrogens is 388 g/mol. The van der Waals surface area contributed by atoms with Crippen molar-refractivity contribution < 1.29 is 14.3 Å². The summed E-state index contributed by atoms with van der Waals surface area (Å²) in [4.78, 5) is 29.5. The molecule has 1 amide bonds. The molecule has 0 spiro atoms. The number of nitrogens with one attached hydrogen (secondary N) is 1. The van der Waals surface area contributed by atoms with Gasteiger partial charge in [-0.1, -0.05) is 22.9 Å². The lowest BCUT2D eigenvalue weighted by Crippen LogP contribution is -2.28. The average molecular weight is 404 g/mol. The maximum atomic E-state index is 12.8. The van der Waals surface area contributed by atoms with Crippen LogP contribution < -0.4 is 20.3 Å². The Bertz CT molecular complexity index is 1330. The van der Waals surface area contributed by atoms with Gasteiger partial charge >= 0.3 is 0 Å². The van der Waals surface area contributed by atoms with E-state index >= 15 is 0 Å².